The summed E-state index contributed by atoms with van der Waals surface area (Å²) in [7, 11) is -3.79. The second-order valence-corrected chi connectivity index (χ2v) is 9.38. The van der Waals surface area contributed by atoms with E-state index in [1.54, 1.807) is 37.3 Å². The summed E-state index contributed by atoms with van der Waals surface area (Å²) < 4.78 is 40.2. The monoisotopic (exact) mass is 463 g/mol. The van der Waals surface area contributed by atoms with Crippen LogP contribution in [0.15, 0.2) is 48.5 Å². The average molecular weight is 464 g/mol. The van der Waals surface area contributed by atoms with E-state index in [0.717, 1.165) is 22.5 Å². The number of nitrogens with zero attached hydrogens (tertiary/aromatic N) is 2. The van der Waals surface area contributed by atoms with E-state index in [9.17, 15) is 22.4 Å². The molecule has 174 valence electrons. The van der Waals surface area contributed by atoms with Crippen LogP contribution in [-0.4, -0.2) is 50.5 Å². The third kappa shape index (κ3) is 6.53. The molecule has 0 heterocycles. The van der Waals surface area contributed by atoms with Crippen molar-refractivity contribution in [2.24, 2.45) is 0 Å². The van der Waals surface area contributed by atoms with Crippen LogP contribution in [0.4, 0.5) is 10.1 Å². The molecule has 1 atom stereocenters. The number of hydrogen-bond acceptors (Lipinski definition) is 4. The number of hydrogen-bond donors (Lipinski definition) is 1. The van der Waals surface area contributed by atoms with E-state index in [2.05, 4.69) is 5.32 Å². The molecule has 2 rings (SSSR count). The molecule has 0 saturated heterocycles. The van der Waals surface area contributed by atoms with Gasteiger partial charge in [0.1, 0.15) is 18.4 Å². The highest BCUT2D eigenvalue weighted by molar-refractivity contribution is 7.92. The fourth-order valence-corrected chi connectivity index (χ4v) is 4.08. The lowest BCUT2D eigenvalue weighted by Gasteiger charge is -2.31. The van der Waals surface area contributed by atoms with Gasteiger partial charge in [0.15, 0.2) is 0 Å². The standard InChI is InChI=1S/C23H30FN3O4S/c1-5-18-11-13-20(14-12-18)27(32(4,30)31)16-22(28)26(17(3)23(29)25-6-2)15-19-9-7-8-10-21(19)24/h7-14,17H,5-6,15-16H2,1-4H3,(H,25,29)/t17-/m0/s1. The molecule has 7 nitrogen and oxygen atoms in total. The smallest absolute Gasteiger partial charge is 0.244 e. The van der Waals surface area contributed by atoms with Crippen molar-refractivity contribution in [2.75, 3.05) is 23.7 Å². The summed E-state index contributed by atoms with van der Waals surface area (Å²) in [5.74, 6) is -1.53. The second-order valence-electron chi connectivity index (χ2n) is 7.47. The topological polar surface area (TPSA) is 86.8 Å². The molecule has 0 aromatic heterocycles. The molecule has 2 aromatic carbocycles. The Balaban J connectivity index is 2.38. The molecule has 1 N–H and O–H groups in total. The third-order valence-corrected chi connectivity index (χ3v) is 6.27. The summed E-state index contributed by atoms with van der Waals surface area (Å²) in [4.78, 5) is 26.9. The lowest BCUT2D eigenvalue weighted by molar-refractivity contribution is -0.139. The average Bonchev–Trinajstić information content (AvgIpc) is 2.75. The molecule has 0 fully saturated rings. The SMILES string of the molecule is CCNC(=O)[C@H](C)N(Cc1ccccc1F)C(=O)CN(c1ccc(CC)cc1)S(C)(=O)=O. The minimum absolute atomic E-state index is 0.170. The molecule has 0 radical (unpaired) electrons. The van der Waals surface area contributed by atoms with Gasteiger partial charge in [0.25, 0.3) is 0 Å². The van der Waals surface area contributed by atoms with Gasteiger partial charge in [-0.3, -0.25) is 13.9 Å². The zero-order valence-electron chi connectivity index (χ0n) is 18.8. The van der Waals surface area contributed by atoms with Crippen molar-refractivity contribution in [3.63, 3.8) is 0 Å². The van der Waals surface area contributed by atoms with E-state index in [4.69, 9.17) is 0 Å². The summed E-state index contributed by atoms with van der Waals surface area (Å²) >= 11 is 0. The predicted molar refractivity (Wildman–Crippen MR) is 123 cm³/mol. The molecule has 2 aromatic rings. The fourth-order valence-electron chi connectivity index (χ4n) is 3.23. The summed E-state index contributed by atoms with van der Waals surface area (Å²) in [6, 6.07) is 11.9. The van der Waals surface area contributed by atoms with Crippen molar-refractivity contribution < 1.29 is 22.4 Å². The molecule has 0 unspecified atom stereocenters. The number of rotatable bonds is 10. The first-order valence-corrected chi connectivity index (χ1v) is 12.3. The summed E-state index contributed by atoms with van der Waals surface area (Å²) in [6.45, 7) is 4.95. The molecule has 0 spiro atoms. The van der Waals surface area contributed by atoms with Crippen LogP contribution < -0.4 is 9.62 Å². The third-order valence-electron chi connectivity index (χ3n) is 5.13. The van der Waals surface area contributed by atoms with E-state index >= 15 is 0 Å². The molecule has 0 saturated carbocycles. The van der Waals surface area contributed by atoms with Crippen molar-refractivity contribution >= 4 is 27.5 Å². The van der Waals surface area contributed by atoms with Crippen LogP contribution in [0.3, 0.4) is 0 Å². The maximum absolute atomic E-state index is 14.3. The lowest BCUT2D eigenvalue weighted by atomic mass is 10.1. The Bertz CT molecular complexity index is 1040. The van der Waals surface area contributed by atoms with Crippen LogP contribution in [0, 0.1) is 5.82 Å². The Labute approximate surface area is 189 Å². The van der Waals surface area contributed by atoms with Crippen LogP contribution in [0.25, 0.3) is 0 Å². The fraction of sp³-hybridized carbons (Fsp3) is 0.391. The van der Waals surface area contributed by atoms with Crippen LogP contribution in [0.1, 0.15) is 31.9 Å². The molecular formula is C23H30FN3O4S. The van der Waals surface area contributed by atoms with E-state index in [1.165, 1.54) is 30.0 Å². The molecule has 0 aliphatic carbocycles. The normalized spacial score (nSPS) is 12.2. The molecule has 0 aliphatic rings. The van der Waals surface area contributed by atoms with Gasteiger partial charge >= 0.3 is 0 Å². The minimum Gasteiger partial charge on any atom is -0.355 e. The highest BCUT2D eigenvalue weighted by atomic mass is 32.2. The van der Waals surface area contributed by atoms with Gasteiger partial charge in [-0.15, -0.1) is 0 Å². The van der Waals surface area contributed by atoms with Crippen LogP contribution in [0.5, 0.6) is 0 Å². The van der Waals surface area contributed by atoms with E-state index in [0.29, 0.717) is 12.2 Å². The molecule has 0 aliphatic heterocycles. The number of sulfonamides is 1. The number of aryl methyl sites for hydroxylation is 1. The number of likely N-dealkylation sites (N-methyl/N-ethyl adjacent to an activating group) is 1. The lowest BCUT2D eigenvalue weighted by Crippen LogP contribution is -2.51. The van der Waals surface area contributed by atoms with Gasteiger partial charge in [-0.1, -0.05) is 37.3 Å². The van der Waals surface area contributed by atoms with Crippen molar-refractivity contribution in [1.29, 1.82) is 0 Å². The zero-order valence-corrected chi connectivity index (χ0v) is 19.7. The molecule has 9 heteroatoms. The zero-order chi connectivity index (χ0) is 23.9. The van der Waals surface area contributed by atoms with Crippen molar-refractivity contribution in [2.45, 2.75) is 39.8 Å². The Morgan fingerprint density at radius 3 is 2.22 bits per heavy atom. The minimum atomic E-state index is -3.79. The Morgan fingerprint density at radius 2 is 1.69 bits per heavy atom. The Hall–Kier alpha value is -2.94. The first-order valence-electron chi connectivity index (χ1n) is 10.5. The van der Waals surface area contributed by atoms with Gasteiger partial charge in [-0.05, 0) is 44.0 Å². The molecule has 0 bridgehead atoms. The Morgan fingerprint density at radius 1 is 1.06 bits per heavy atom. The van der Waals surface area contributed by atoms with E-state index in [1.807, 2.05) is 6.92 Å². The van der Waals surface area contributed by atoms with E-state index in [-0.39, 0.29) is 12.1 Å². The maximum Gasteiger partial charge on any atom is 0.244 e. The summed E-state index contributed by atoms with van der Waals surface area (Å²) in [5, 5.41) is 2.65. The highest BCUT2D eigenvalue weighted by Gasteiger charge is 2.30. The van der Waals surface area contributed by atoms with Crippen LogP contribution in [-0.2, 0) is 32.6 Å². The van der Waals surface area contributed by atoms with Gasteiger partial charge in [0.2, 0.25) is 21.8 Å². The molecule has 2 amide bonds. The van der Waals surface area contributed by atoms with Gasteiger partial charge in [0, 0.05) is 18.7 Å². The number of nitrogens with one attached hydrogen (secondary N) is 1. The summed E-state index contributed by atoms with van der Waals surface area (Å²) in [5.41, 5.74) is 1.60. The van der Waals surface area contributed by atoms with Crippen LogP contribution >= 0.6 is 0 Å². The summed E-state index contributed by atoms with van der Waals surface area (Å²) in [6.07, 6.45) is 1.81. The second kappa shape index (κ2) is 11.1. The van der Waals surface area contributed by atoms with Crippen molar-refractivity contribution in [3.05, 3.63) is 65.5 Å². The quantitative estimate of drug-likeness (QED) is 0.587. The van der Waals surface area contributed by atoms with Gasteiger partial charge in [-0.2, -0.15) is 0 Å². The highest BCUT2D eigenvalue weighted by Crippen LogP contribution is 2.20. The Kier molecular flexibility index (Phi) is 8.77. The number of carbonyl (C=O) groups excluding carboxylic acids is 2. The number of halogens is 1. The molecule has 32 heavy (non-hydrogen) atoms. The van der Waals surface area contributed by atoms with Gasteiger partial charge in [0.05, 0.1) is 11.9 Å². The van der Waals surface area contributed by atoms with Gasteiger partial charge in [-0.25, -0.2) is 12.8 Å². The van der Waals surface area contributed by atoms with Crippen molar-refractivity contribution in [3.8, 4) is 0 Å². The first-order chi connectivity index (χ1) is 15.1. The van der Waals surface area contributed by atoms with Crippen LogP contribution in [0.2, 0.25) is 0 Å². The number of amides is 2. The largest absolute Gasteiger partial charge is 0.355 e. The molecular weight excluding hydrogens is 433 g/mol. The van der Waals surface area contributed by atoms with Crippen molar-refractivity contribution in [1.82, 2.24) is 10.2 Å². The number of benzene rings is 2. The maximum atomic E-state index is 14.3. The van der Waals surface area contributed by atoms with Gasteiger partial charge < -0.3 is 10.2 Å². The number of carbonyl (C=O) groups is 2. The van der Waals surface area contributed by atoms with E-state index < -0.39 is 40.2 Å². The first kappa shape index (κ1) is 25.3. The number of anilines is 1. The predicted octanol–water partition coefficient (Wildman–Crippen LogP) is 2.71.